The maximum atomic E-state index is 14.1. The van der Waals surface area contributed by atoms with Crippen molar-refractivity contribution in [3.8, 4) is 12.3 Å². The molecule has 3 fully saturated rings. The summed E-state index contributed by atoms with van der Waals surface area (Å²) in [5, 5.41) is 0. The molecular formula is C19H15FO3. The summed E-state index contributed by atoms with van der Waals surface area (Å²) in [5.74, 6) is 1.08. The van der Waals surface area contributed by atoms with Crippen molar-refractivity contribution < 1.29 is 18.6 Å². The first-order valence-electron chi connectivity index (χ1n) is 7.42. The van der Waals surface area contributed by atoms with E-state index in [9.17, 15) is 4.39 Å². The molecule has 3 saturated heterocycles. The van der Waals surface area contributed by atoms with Gasteiger partial charge in [-0.3, -0.25) is 0 Å². The van der Waals surface area contributed by atoms with E-state index >= 15 is 0 Å². The highest BCUT2D eigenvalue weighted by Gasteiger charge is 2.55. The summed E-state index contributed by atoms with van der Waals surface area (Å²) in [6, 6.07) is 14.0. The van der Waals surface area contributed by atoms with Crippen LogP contribution in [0.1, 0.15) is 16.7 Å². The van der Waals surface area contributed by atoms with E-state index in [1.807, 2.05) is 30.3 Å². The van der Waals surface area contributed by atoms with Crippen molar-refractivity contribution in [1.29, 1.82) is 0 Å². The maximum absolute atomic E-state index is 14.1. The van der Waals surface area contributed by atoms with Gasteiger partial charge in [0.05, 0.1) is 25.2 Å². The molecule has 0 aromatic heterocycles. The zero-order chi connectivity index (χ0) is 15.9. The molecule has 3 heterocycles. The van der Waals surface area contributed by atoms with Gasteiger partial charge >= 0.3 is 5.97 Å². The maximum Gasteiger partial charge on any atom is 0.312 e. The molecule has 2 aromatic carbocycles. The lowest BCUT2D eigenvalue weighted by Gasteiger charge is -2.52. The summed E-state index contributed by atoms with van der Waals surface area (Å²) in [5.41, 5.74) is 1.48. The second-order valence-electron chi connectivity index (χ2n) is 5.90. The molecule has 3 nitrogen and oxygen atoms in total. The largest absolute Gasteiger partial charge is 0.322 e. The Bertz CT molecular complexity index is 751. The summed E-state index contributed by atoms with van der Waals surface area (Å²) in [4.78, 5) is 0. The molecule has 0 radical (unpaired) electrons. The summed E-state index contributed by atoms with van der Waals surface area (Å²) in [6.07, 6.45) is 5.37. The Balaban J connectivity index is 1.63. The minimum atomic E-state index is -1.22. The van der Waals surface area contributed by atoms with Crippen molar-refractivity contribution in [2.45, 2.75) is 11.4 Å². The zero-order valence-electron chi connectivity index (χ0n) is 12.4. The number of terminal acetylenes is 1. The third kappa shape index (κ3) is 2.17. The lowest BCUT2D eigenvalue weighted by Crippen LogP contribution is -2.60. The van der Waals surface area contributed by atoms with Crippen LogP contribution in [0.4, 0.5) is 4.39 Å². The molecule has 0 spiro atoms. The standard InChI is InChI=1S/C19H15FO3/c1-2-14-7-9-15(10-8-14)19-21-11-18(12-22-19,13-23-19)16-5-3-4-6-17(16)20/h1,3-10H,11-13H2. The van der Waals surface area contributed by atoms with Crippen molar-refractivity contribution in [1.82, 2.24) is 0 Å². The van der Waals surface area contributed by atoms with Crippen LogP contribution in [-0.2, 0) is 25.6 Å². The van der Waals surface area contributed by atoms with Gasteiger partial charge in [0.25, 0.3) is 0 Å². The summed E-state index contributed by atoms with van der Waals surface area (Å²) in [6.45, 7) is 1.01. The van der Waals surface area contributed by atoms with Crippen LogP contribution in [0.25, 0.3) is 0 Å². The van der Waals surface area contributed by atoms with E-state index in [-0.39, 0.29) is 5.82 Å². The van der Waals surface area contributed by atoms with Gasteiger partial charge in [-0.15, -0.1) is 6.42 Å². The molecule has 4 heteroatoms. The number of hydrogen-bond acceptors (Lipinski definition) is 3. The van der Waals surface area contributed by atoms with Crippen molar-refractivity contribution in [3.63, 3.8) is 0 Å². The van der Waals surface area contributed by atoms with Crippen LogP contribution in [0.5, 0.6) is 0 Å². The van der Waals surface area contributed by atoms with E-state index < -0.39 is 11.4 Å². The predicted octanol–water partition coefficient (Wildman–Crippen LogP) is 2.93. The van der Waals surface area contributed by atoms with Crippen LogP contribution in [0.2, 0.25) is 0 Å². The Hall–Kier alpha value is -2.19. The van der Waals surface area contributed by atoms with E-state index in [0.29, 0.717) is 25.4 Å². The van der Waals surface area contributed by atoms with Gasteiger partial charge in [0.15, 0.2) is 0 Å². The van der Waals surface area contributed by atoms with E-state index in [0.717, 1.165) is 11.1 Å². The molecule has 0 saturated carbocycles. The number of benzene rings is 2. The highest BCUT2D eigenvalue weighted by atomic mass is 19.1. The number of hydrogen-bond donors (Lipinski definition) is 0. The van der Waals surface area contributed by atoms with Gasteiger partial charge in [-0.25, -0.2) is 4.39 Å². The fraction of sp³-hybridized carbons (Fsp3) is 0.263. The first-order valence-corrected chi connectivity index (χ1v) is 7.42. The lowest BCUT2D eigenvalue weighted by molar-refractivity contribution is -0.466. The minimum absolute atomic E-state index is 0.268. The van der Waals surface area contributed by atoms with Crippen molar-refractivity contribution in [2.24, 2.45) is 0 Å². The fourth-order valence-corrected chi connectivity index (χ4v) is 3.09. The van der Waals surface area contributed by atoms with Crippen LogP contribution in [0.15, 0.2) is 48.5 Å². The van der Waals surface area contributed by atoms with Crippen LogP contribution >= 0.6 is 0 Å². The Morgan fingerprint density at radius 3 is 2.09 bits per heavy atom. The molecule has 2 aromatic rings. The minimum Gasteiger partial charge on any atom is -0.322 e. The molecule has 3 aliphatic rings. The molecule has 23 heavy (non-hydrogen) atoms. The molecule has 0 N–H and O–H groups in total. The SMILES string of the molecule is C#Cc1ccc(C23OCC(c4ccccc4F)(CO2)CO3)cc1. The Morgan fingerprint density at radius 2 is 1.52 bits per heavy atom. The zero-order valence-corrected chi connectivity index (χ0v) is 12.4. The van der Waals surface area contributed by atoms with E-state index in [1.54, 1.807) is 12.1 Å². The molecule has 3 aliphatic heterocycles. The quantitative estimate of drug-likeness (QED) is 0.798. The summed E-state index contributed by atoms with van der Waals surface area (Å²) < 4.78 is 31.8. The third-order valence-electron chi connectivity index (χ3n) is 4.47. The highest BCUT2D eigenvalue weighted by Crippen LogP contribution is 2.46. The first kappa shape index (κ1) is 14.4. The Kier molecular flexibility index (Phi) is 3.24. The van der Waals surface area contributed by atoms with Gasteiger partial charge in [0.1, 0.15) is 5.82 Å². The summed E-state index contributed by atoms with van der Waals surface area (Å²) in [7, 11) is 0. The monoisotopic (exact) mass is 310 g/mol. The van der Waals surface area contributed by atoms with E-state index in [1.165, 1.54) is 6.07 Å². The van der Waals surface area contributed by atoms with Crippen LogP contribution in [0, 0.1) is 18.2 Å². The van der Waals surface area contributed by atoms with Crippen molar-refractivity contribution in [2.75, 3.05) is 19.8 Å². The van der Waals surface area contributed by atoms with Gasteiger partial charge in [0, 0.05) is 16.7 Å². The average molecular weight is 310 g/mol. The highest BCUT2D eigenvalue weighted by molar-refractivity contribution is 5.36. The van der Waals surface area contributed by atoms with Gasteiger partial charge < -0.3 is 14.2 Å². The van der Waals surface area contributed by atoms with Crippen molar-refractivity contribution >= 4 is 0 Å². The average Bonchev–Trinajstić information content (AvgIpc) is 2.63. The molecule has 0 atom stereocenters. The number of halogens is 1. The molecule has 0 unspecified atom stereocenters. The first-order chi connectivity index (χ1) is 11.2. The van der Waals surface area contributed by atoms with Crippen LogP contribution in [-0.4, -0.2) is 19.8 Å². The second kappa shape index (κ2) is 5.17. The van der Waals surface area contributed by atoms with Gasteiger partial charge in [-0.2, -0.15) is 0 Å². The second-order valence-corrected chi connectivity index (χ2v) is 5.90. The molecule has 5 rings (SSSR count). The normalized spacial score (nSPS) is 29.2. The summed E-state index contributed by atoms with van der Waals surface area (Å²) >= 11 is 0. The number of fused-ring (bicyclic) bond motifs is 3. The third-order valence-corrected chi connectivity index (χ3v) is 4.47. The Labute approximate surface area is 134 Å². The van der Waals surface area contributed by atoms with Gasteiger partial charge in [0.2, 0.25) is 0 Å². The molecule has 0 aliphatic carbocycles. The lowest BCUT2D eigenvalue weighted by atomic mass is 9.80. The van der Waals surface area contributed by atoms with Gasteiger partial charge in [-0.1, -0.05) is 24.1 Å². The van der Waals surface area contributed by atoms with Crippen LogP contribution in [0.3, 0.4) is 0 Å². The van der Waals surface area contributed by atoms with E-state index in [4.69, 9.17) is 20.6 Å². The van der Waals surface area contributed by atoms with Crippen LogP contribution < -0.4 is 0 Å². The number of ether oxygens (including phenoxy) is 3. The molecule has 116 valence electrons. The fourth-order valence-electron chi connectivity index (χ4n) is 3.09. The molecule has 2 bridgehead atoms. The molecule has 0 amide bonds. The van der Waals surface area contributed by atoms with E-state index in [2.05, 4.69) is 5.92 Å². The number of rotatable bonds is 2. The predicted molar refractivity (Wildman–Crippen MR) is 82.0 cm³/mol. The molecular weight excluding hydrogens is 295 g/mol. The smallest absolute Gasteiger partial charge is 0.312 e. The van der Waals surface area contributed by atoms with Gasteiger partial charge in [-0.05, 0) is 30.3 Å². The Morgan fingerprint density at radius 1 is 0.913 bits per heavy atom. The van der Waals surface area contributed by atoms with Crippen molar-refractivity contribution in [3.05, 3.63) is 71.0 Å². The topological polar surface area (TPSA) is 27.7 Å².